The zero-order chi connectivity index (χ0) is 10.5. The van der Waals surface area contributed by atoms with E-state index >= 15 is 0 Å². The first-order chi connectivity index (χ1) is 5.85. The number of alkyl halides is 3. The standard InChI is InChI=1S/C10H19Cl3/c1-4-5-8(2)6-9(3)7-10(11,12)13/h8-9H,4-7H2,1-3H3. The molecule has 0 amide bonds. The van der Waals surface area contributed by atoms with Gasteiger partial charge in [0.05, 0.1) is 0 Å². The van der Waals surface area contributed by atoms with Crippen molar-refractivity contribution in [3.05, 3.63) is 0 Å². The molecule has 0 aliphatic heterocycles. The number of halogens is 3. The van der Waals surface area contributed by atoms with Gasteiger partial charge >= 0.3 is 0 Å². The van der Waals surface area contributed by atoms with Crippen molar-refractivity contribution in [2.24, 2.45) is 11.8 Å². The SMILES string of the molecule is CCCC(C)CC(C)CC(Cl)(Cl)Cl. The van der Waals surface area contributed by atoms with Crippen LogP contribution in [-0.2, 0) is 0 Å². The van der Waals surface area contributed by atoms with Crippen LogP contribution in [-0.4, -0.2) is 3.79 Å². The van der Waals surface area contributed by atoms with Crippen LogP contribution in [0, 0.1) is 11.8 Å². The lowest BCUT2D eigenvalue weighted by molar-refractivity contribution is 0.377. The molecule has 0 bridgehead atoms. The van der Waals surface area contributed by atoms with Gasteiger partial charge in [0, 0.05) is 0 Å². The minimum absolute atomic E-state index is 0.494. The Hall–Kier alpha value is 0.870. The van der Waals surface area contributed by atoms with Crippen molar-refractivity contribution >= 4 is 34.8 Å². The van der Waals surface area contributed by atoms with Crippen LogP contribution in [0.15, 0.2) is 0 Å². The van der Waals surface area contributed by atoms with Gasteiger partial charge in [-0.2, -0.15) is 0 Å². The molecule has 0 aromatic heterocycles. The summed E-state index contributed by atoms with van der Waals surface area (Å²) >= 11 is 17.2. The molecule has 3 heteroatoms. The quantitative estimate of drug-likeness (QED) is 0.583. The summed E-state index contributed by atoms with van der Waals surface area (Å²) in [6, 6.07) is 0. The van der Waals surface area contributed by atoms with E-state index in [1.54, 1.807) is 0 Å². The highest BCUT2D eigenvalue weighted by Crippen LogP contribution is 2.35. The van der Waals surface area contributed by atoms with Gasteiger partial charge in [-0.3, -0.25) is 0 Å². The Morgan fingerprint density at radius 2 is 1.62 bits per heavy atom. The molecule has 0 aromatic rings. The normalized spacial score (nSPS) is 17.1. The molecule has 2 atom stereocenters. The Bertz CT molecular complexity index is 129. The topological polar surface area (TPSA) is 0 Å². The summed E-state index contributed by atoms with van der Waals surface area (Å²) in [6.07, 6.45) is 4.32. The van der Waals surface area contributed by atoms with E-state index in [0.717, 1.165) is 12.3 Å². The van der Waals surface area contributed by atoms with Crippen LogP contribution in [0.5, 0.6) is 0 Å². The monoisotopic (exact) mass is 244 g/mol. The summed E-state index contributed by atoms with van der Waals surface area (Å²) in [7, 11) is 0. The molecule has 0 heterocycles. The fraction of sp³-hybridized carbons (Fsp3) is 1.00. The lowest BCUT2D eigenvalue weighted by Gasteiger charge is -2.20. The molecule has 0 nitrogen and oxygen atoms in total. The van der Waals surface area contributed by atoms with Gasteiger partial charge in [0.25, 0.3) is 0 Å². The third kappa shape index (κ3) is 9.18. The Kier molecular flexibility index (Phi) is 6.80. The Balaban J connectivity index is 3.67. The fourth-order valence-corrected chi connectivity index (χ4v) is 2.57. The number of hydrogen-bond donors (Lipinski definition) is 0. The molecule has 0 aliphatic rings. The van der Waals surface area contributed by atoms with E-state index in [1.165, 1.54) is 12.8 Å². The average Bonchev–Trinajstić information content (AvgIpc) is 1.81. The van der Waals surface area contributed by atoms with Crippen molar-refractivity contribution in [1.82, 2.24) is 0 Å². The van der Waals surface area contributed by atoms with Crippen LogP contribution in [0.25, 0.3) is 0 Å². The molecule has 0 fully saturated rings. The van der Waals surface area contributed by atoms with Gasteiger partial charge in [-0.05, 0) is 24.7 Å². The van der Waals surface area contributed by atoms with Crippen molar-refractivity contribution in [2.75, 3.05) is 0 Å². The maximum atomic E-state index is 5.72. The van der Waals surface area contributed by atoms with Crippen LogP contribution >= 0.6 is 34.8 Å². The smallest absolute Gasteiger partial charge is 0.0837 e. The highest BCUT2D eigenvalue weighted by atomic mass is 35.6. The van der Waals surface area contributed by atoms with E-state index in [4.69, 9.17) is 34.8 Å². The van der Waals surface area contributed by atoms with E-state index in [0.29, 0.717) is 12.3 Å². The summed E-state index contributed by atoms with van der Waals surface area (Å²) in [4.78, 5) is 0. The molecule has 0 radical (unpaired) electrons. The molecule has 0 saturated carbocycles. The summed E-state index contributed by atoms with van der Waals surface area (Å²) in [5.41, 5.74) is 0. The van der Waals surface area contributed by atoms with E-state index in [2.05, 4.69) is 20.8 Å². The maximum absolute atomic E-state index is 5.72. The van der Waals surface area contributed by atoms with Crippen molar-refractivity contribution in [1.29, 1.82) is 0 Å². The Labute approximate surface area is 96.9 Å². The summed E-state index contributed by atoms with van der Waals surface area (Å²) < 4.78 is -1.08. The van der Waals surface area contributed by atoms with Gasteiger partial charge in [0.15, 0.2) is 3.79 Å². The predicted octanol–water partition coefficient (Wildman–Crippen LogP) is 5.21. The lowest BCUT2D eigenvalue weighted by atomic mass is 9.92. The first-order valence-electron chi connectivity index (χ1n) is 4.92. The largest absolute Gasteiger partial charge is 0.190 e. The third-order valence-electron chi connectivity index (χ3n) is 2.17. The van der Waals surface area contributed by atoms with Crippen LogP contribution in [0.4, 0.5) is 0 Å². The molecule has 0 saturated heterocycles. The molecular formula is C10H19Cl3. The van der Waals surface area contributed by atoms with Gasteiger partial charge < -0.3 is 0 Å². The van der Waals surface area contributed by atoms with Crippen LogP contribution in [0.3, 0.4) is 0 Å². The van der Waals surface area contributed by atoms with Crippen molar-refractivity contribution in [3.63, 3.8) is 0 Å². The molecule has 0 aliphatic carbocycles. The molecule has 2 unspecified atom stereocenters. The number of hydrogen-bond acceptors (Lipinski definition) is 0. The molecule has 13 heavy (non-hydrogen) atoms. The molecule has 0 spiro atoms. The highest BCUT2D eigenvalue weighted by Gasteiger charge is 2.23. The van der Waals surface area contributed by atoms with Gasteiger partial charge in [0.1, 0.15) is 0 Å². The van der Waals surface area contributed by atoms with Gasteiger partial charge in [-0.25, -0.2) is 0 Å². The minimum atomic E-state index is -1.08. The van der Waals surface area contributed by atoms with Crippen LogP contribution in [0.1, 0.15) is 46.5 Å². The lowest BCUT2D eigenvalue weighted by Crippen LogP contribution is -2.12. The van der Waals surface area contributed by atoms with Crippen molar-refractivity contribution in [2.45, 2.75) is 50.2 Å². The molecular weight excluding hydrogens is 226 g/mol. The van der Waals surface area contributed by atoms with Crippen LogP contribution in [0.2, 0.25) is 0 Å². The zero-order valence-corrected chi connectivity index (χ0v) is 10.9. The second-order valence-electron chi connectivity index (χ2n) is 4.05. The summed E-state index contributed by atoms with van der Waals surface area (Å²) in [6.45, 7) is 6.61. The highest BCUT2D eigenvalue weighted by molar-refractivity contribution is 6.67. The first kappa shape index (κ1) is 13.9. The molecule has 0 N–H and O–H groups in total. The predicted molar refractivity (Wildman–Crippen MR) is 62.8 cm³/mol. The van der Waals surface area contributed by atoms with E-state index in [1.807, 2.05) is 0 Å². The third-order valence-corrected chi connectivity index (χ3v) is 2.63. The molecule has 0 aromatic carbocycles. The Morgan fingerprint density at radius 3 is 2.00 bits per heavy atom. The summed E-state index contributed by atoms with van der Waals surface area (Å²) in [5.74, 6) is 1.24. The average molecular weight is 246 g/mol. The van der Waals surface area contributed by atoms with Gasteiger partial charge in [-0.15, -0.1) is 0 Å². The van der Waals surface area contributed by atoms with E-state index < -0.39 is 3.79 Å². The molecule has 0 rings (SSSR count). The van der Waals surface area contributed by atoms with E-state index in [9.17, 15) is 0 Å². The Morgan fingerprint density at radius 1 is 1.08 bits per heavy atom. The zero-order valence-electron chi connectivity index (χ0n) is 8.62. The van der Waals surface area contributed by atoms with E-state index in [-0.39, 0.29) is 0 Å². The van der Waals surface area contributed by atoms with Crippen molar-refractivity contribution in [3.8, 4) is 0 Å². The fourth-order valence-electron chi connectivity index (χ4n) is 1.78. The first-order valence-corrected chi connectivity index (χ1v) is 6.05. The maximum Gasteiger partial charge on any atom is 0.190 e. The molecule has 80 valence electrons. The second kappa shape index (κ2) is 6.37. The minimum Gasteiger partial charge on any atom is -0.0837 e. The summed E-state index contributed by atoms with van der Waals surface area (Å²) in [5, 5.41) is 0. The van der Waals surface area contributed by atoms with Crippen molar-refractivity contribution < 1.29 is 0 Å². The number of rotatable bonds is 5. The van der Waals surface area contributed by atoms with Crippen LogP contribution < -0.4 is 0 Å². The van der Waals surface area contributed by atoms with Gasteiger partial charge in [0.2, 0.25) is 0 Å². The van der Waals surface area contributed by atoms with Gasteiger partial charge in [-0.1, -0.05) is 68.4 Å². The second-order valence-corrected chi connectivity index (χ2v) is 6.57.